The third-order valence-corrected chi connectivity index (χ3v) is 3.56. The number of thiazole rings is 1. The van der Waals surface area contributed by atoms with Crippen molar-refractivity contribution in [2.45, 2.75) is 18.5 Å². The molecule has 84 valence electrons. The van der Waals surface area contributed by atoms with Crippen molar-refractivity contribution in [3.8, 4) is 0 Å². The molecule has 1 saturated heterocycles. The van der Waals surface area contributed by atoms with Crippen LogP contribution < -0.4 is 0 Å². The molecule has 6 heteroatoms. The number of halogens is 3. The fourth-order valence-electron chi connectivity index (χ4n) is 1.74. The Hall–Kier alpha value is -0.620. The second-order valence-electron chi connectivity index (χ2n) is 3.82. The van der Waals surface area contributed by atoms with Gasteiger partial charge in [-0.25, -0.2) is 4.98 Å². The quantitative estimate of drug-likeness (QED) is 0.745. The van der Waals surface area contributed by atoms with Crippen LogP contribution in [0.15, 0.2) is 5.38 Å². The van der Waals surface area contributed by atoms with E-state index in [1.807, 2.05) is 7.05 Å². The number of rotatable bonds is 1. The monoisotopic (exact) mass is 236 g/mol. The summed E-state index contributed by atoms with van der Waals surface area (Å²) in [7, 11) is 1.97. The third-order valence-electron chi connectivity index (χ3n) is 2.55. The Kier molecular flexibility index (Phi) is 2.72. The maximum atomic E-state index is 12.3. The lowest BCUT2D eigenvalue weighted by atomic mass is 10.1. The predicted octanol–water partition coefficient (Wildman–Crippen LogP) is 2.58. The number of nitrogens with zero attached hydrogens (tertiary/aromatic N) is 2. The van der Waals surface area contributed by atoms with Gasteiger partial charge in [-0.05, 0) is 20.0 Å². The largest absolute Gasteiger partial charge is 0.434 e. The van der Waals surface area contributed by atoms with Crippen LogP contribution in [0.1, 0.15) is 23.0 Å². The van der Waals surface area contributed by atoms with Crippen LogP contribution in [0, 0.1) is 0 Å². The standard InChI is InChI=1S/C9H11F3N2S/c1-14-3-2-6(4-14)8-13-7(5-15-8)9(10,11)12/h5-6H,2-4H2,1H3. The van der Waals surface area contributed by atoms with Crippen molar-refractivity contribution in [1.29, 1.82) is 0 Å². The third kappa shape index (κ3) is 2.31. The van der Waals surface area contributed by atoms with E-state index in [0.717, 1.165) is 36.2 Å². The maximum absolute atomic E-state index is 12.3. The topological polar surface area (TPSA) is 16.1 Å². The van der Waals surface area contributed by atoms with Crippen molar-refractivity contribution in [3.63, 3.8) is 0 Å². The molecule has 2 rings (SSSR count). The minimum Gasteiger partial charge on any atom is -0.306 e. The Morgan fingerprint density at radius 3 is 2.73 bits per heavy atom. The summed E-state index contributed by atoms with van der Waals surface area (Å²) < 4.78 is 36.9. The first-order valence-corrected chi connectivity index (χ1v) is 5.56. The Labute approximate surface area is 89.7 Å². The molecule has 2 nitrogen and oxygen atoms in total. The van der Waals surface area contributed by atoms with Crippen molar-refractivity contribution in [1.82, 2.24) is 9.88 Å². The number of hydrogen-bond donors (Lipinski definition) is 0. The van der Waals surface area contributed by atoms with Gasteiger partial charge in [0.2, 0.25) is 0 Å². The zero-order chi connectivity index (χ0) is 11.1. The second-order valence-corrected chi connectivity index (χ2v) is 4.71. The first kappa shape index (κ1) is 10.9. The van der Waals surface area contributed by atoms with E-state index in [1.165, 1.54) is 0 Å². The van der Waals surface area contributed by atoms with E-state index in [2.05, 4.69) is 9.88 Å². The zero-order valence-corrected chi connectivity index (χ0v) is 9.03. The van der Waals surface area contributed by atoms with Gasteiger partial charge in [0.05, 0.1) is 5.01 Å². The molecular formula is C9H11F3N2S. The highest BCUT2D eigenvalue weighted by molar-refractivity contribution is 7.09. The SMILES string of the molecule is CN1CCC(c2nc(C(F)(F)F)cs2)C1. The van der Waals surface area contributed by atoms with Crippen molar-refractivity contribution in [2.75, 3.05) is 20.1 Å². The number of alkyl halides is 3. The average molecular weight is 236 g/mol. The average Bonchev–Trinajstić information content (AvgIpc) is 2.69. The lowest BCUT2D eigenvalue weighted by Gasteiger charge is -2.07. The molecule has 0 bridgehead atoms. The molecule has 0 amide bonds. The molecule has 1 aromatic heterocycles. The van der Waals surface area contributed by atoms with E-state index >= 15 is 0 Å². The van der Waals surface area contributed by atoms with Crippen molar-refractivity contribution in [2.24, 2.45) is 0 Å². The van der Waals surface area contributed by atoms with Gasteiger partial charge in [-0.15, -0.1) is 11.3 Å². The molecule has 1 aromatic rings. The lowest BCUT2D eigenvalue weighted by molar-refractivity contribution is -0.140. The number of likely N-dealkylation sites (N-methyl/N-ethyl adjacent to an activating group) is 1. The molecule has 0 aliphatic carbocycles. The van der Waals surface area contributed by atoms with Crippen LogP contribution in [-0.2, 0) is 6.18 Å². The molecule has 1 fully saturated rings. The van der Waals surface area contributed by atoms with E-state index in [0.29, 0.717) is 5.01 Å². The van der Waals surface area contributed by atoms with Crippen LogP contribution in [0.2, 0.25) is 0 Å². The Bertz CT molecular complexity index is 347. The number of likely N-dealkylation sites (tertiary alicyclic amines) is 1. The van der Waals surface area contributed by atoms with Crippen LogP contribution >= 0.6 is 11.3 Å². The van der Waals surface area contributed by atoms with Gasteiger partial charge in [0.25, 0.3) is 0 Å². The van der Waals surface area contributed by atoms with E-state index < -0.39 is 11.9 Å². The second kappa shape index (κ2) is 3.75. The minimum atomic E-state index is -4.31. The van der Waals surface area contributed by atoms with Gasteiger partial charge >= 0.3 is 6.18 Å². The first-order chi connectivity index (χ1) is 6.97. The molecule has 0 N–H and O–H groups in total. The van der Waals surface area contributed by atoms with Gasteiger partial charge in [-0.3, -0.25) is 0 Å². The van der Waals surface area contributed by atoms with E-state index in [9.17, 15) is 13.2 Å². The smallest absolute Gasteiger partial charge is 0.306 e. The molecule has 0 saturated carbocycles. The normalized spacial score (nSPS) is 23.6. The lowest BCUT2D eigenvalue weighted by Crippen LogP contribution is -2.13. The highest BCUT2D eigenvalue weighted by Gasteiger charge is 2.35. The number of aromatic nitrogens is 1. The van der Waals surface area contributed by atoms with Gasteiger partial charge in [0, 0.05) is 17.8 Å². The van der Waals surface area contributed by atoms with E-state index in [4.69, 9.17) is 0 Å². The summed E-state index contributed by atoms with van der Waals surface area (Å²) in [6.07, 6.45) is -3.40. The molecule has 1 atom stereocenters. The zero-order valence-electron chi connectivity index (χ0n) is 8.21. The highest BCUT2D eigenvalue weighted by atomic mass is 32.1. The molecular weight excluding hydrogens is 225 g/mol. The molecule has 1 aliphatic heterocycles. The van der Waals surface area contributed by atoms with Crippen LogP contribution in [0.4, 0.5) is 13.2 Å². The summed E-state index contributed by atoms with van der Waals surface area (Å²) in [4.78, 5) is 5.78. The molecule has 15 heavy (non-hydrogen) atoms. The Morgan fingerprint density at radius 2 is 2.27 bits per heavy atom. The molecule has 1 unspecified atom stereocenters. The van der Waals surface area contributed by atoms with Gasteiger partial charge in [-0.2, -0.15) is 13.2 Å². The summed E-state index contributed by atoms with van der Waals surface area (Å²) in [5, 5.41) is 1.72. The minimum absolute atomic E-state index is 0.177. The molecule has 1 aliphatic rings. The first-order valence-electron chi connectivity index (χ1n) is 4.68. The van der Waals surface area contributed by atoms with Crippen LogP contribution in [-0.4, -0.2) is 30.0 Å². The van der Waals surface area contributed by atoms with Gasteiger partial charge in [-0.1, -0.05) is 0 Å². The molecule has 2 heterocycles. The molecule has 0 aromatic carbocycles. The summed E-state index contributed by atoms with van der Waals surface area (Å²) >= 11 is 1.12. The fourth-order valence-corrected chi connectivity index (χ4v) is 2.70. The summed E-state index contributed by atoms with van der Waals surface area (Å²) in [5.41, 5.74) is -0.753. The van der Waals surface area contributed by atoms with Crippen LogP contribution in [0.25, 0.3) is 0 Å². The van der Waals surface area contributed by atoms with Gasteiger partial charge in [0.1, 0.15) is 0 Å². The molecule has 0 radical (unpaired) electrons. The van der Waals surface area contributed by atoms with E-state index in [1.54, 1.807) is 0 Å². The predicted molar refractivity (Wildman–Crippen MR) is 52.0 cm³/mol. The Balaban J connectivity index is 2.14. The van der Waals surface area contributed by atoms with Gasteiger partial charge in [0.15, 0.2) is 5.69 Å². The Morgan fingerprint density at radius 1 is 1.53 bits per heavy atom. The number of hydrogen-bond acceptors (Lipinski definition) is 3. The molecule has 0 spiro atoms. The summed E-state index contributed by atoms with van der Waals surface area (Å²) in [6, 6.07) is 0. The van der Waals surface area contributed by atoms with Crippen molar-refractivity contribution >= 4 is 11.3 Å². The van der Waals surface area contributed by atoms with Crippen molar-refractivity contribution < 1.29 is 13.2 Å². The summed E-state index contributed by atoms with van der Waals surface area (Å²) in [6.45, 7) is 1.75. The maximum Gasteiger partial charge on any atom is 0.434 e. The van der Waals surface area contributed by atoms with E-state index in [-0.39, 0.29) is 5.92 Å². The fraction of sp³-hybridized carbons (Fsp3) is 0.667. The summed E-state index contributed by atoms with van der Waals surface area (Å²) in [5.74, 6) is 0.177. The van der Waals surface area contributed by atoms with Crippen LogP contribution in [0.3, 0.4) is 0 Å². The van der Waals surface area contributed by atoms with Crippen LogP contribution in [0.5, 0.6) is 0 Å². The van der Waals surface area contributed by atoms with Crippen molar-refractivity contribution in [3.05, 3.63) is 16.1 Å². The van der Waals surface area contributed by atoms with Gasteiger partial charge < -0.3 is 4.90 Å². The highest BCUT2D eigenvalue weighted by Crippen LogP contribution is 2.34.